The van der Waals surface area contributed by atoms with Crippen LogP contribution in [-0.2, 0) is 13.6 Å². The van der Waals surface area contributed by atoms with Crippen molar-refractivity contribution >= 4 is 11.6 Å². The van der Waals surface area contributed by atoms with Crippen LogP contribution in [0.2, 0.25) is 0 Å². The lowest BCUT2D eigenvalue weighted by atomic mass is 10.1. The molecule has 0 aromatic carbocycles. The van der Waals surface area contributed by atoms with Crippen molar-refractivity contribution < 1.29 is 9.72 Å². The first-order valence-corrected chi connectivity index (χ1v) is 7.29. The molecule has 9 nitrogen and oxygen atoms in total. The second-order valence-corrected chi connectivity index (χ2v) is 5.38. The van der Waals surface area contributed by atoms with Crippen molar-refractivity contribution in [1.82, 2.24) is 24.9 Å². The van der Waals surface area contributed by atoms with Crippen molar-refractivity contribution in [3.8, 4) is 0 Å². The SMILES string of the molecule is CCn1cc(C(C)NC(=O)c2c([N+](=O)[O-])c(C)nn2C)c(C)n1. The van der Waals surface area contributed by atoms with Crippen LogP contribution in [0.15, 0.2) is 6.20 Å². The number of rotatable bonds is 5. The van der Waals surface area contributed by atoms with Crippen molar-refractivity contribution in [2.75, 3.05) is 0 Å². The Kier molecular flexibility index (Phi) is 4.48. The molecular weight excluding hydrogens is 300 g/mol. The van der Waals surface area contributed by atoms with Crippen molar-refractivity contribution in [2.24, 2.45) is 7.05 Å². The number of nitrogens with zero attached hydrogens (tertiary/aromatic N) is 5. The maximum Gasteiger partial charge on any atom is 0.322 e. The zero-order valence-corrected chi connectivity index (χ0v) is 13.8. The van der Waals surface area contributed by atoms with Gasteiger partial charge in [0.2, 0.25) is 5.69 Å². The van der Waals surface area contributed by atoms with Gasteiger partial charge in [-0.2, -0.15) is 10.2 Å². The minimum atomic E-state index is -0.581. The maximum absolute atomic E-state index is 12.5. The van der Waals surface area contributed by atoms with E-state index in [1.54, 1.807) is 4.68 Å². The third kappa shape index (κ3) is 3.08. The average molecular weight is 320 g/mol. The average Bonchev–Trinajstić information content (AvgIpc) is 2.98. The van der Waals surface area contributed by atoms with Crippen LogP contribution in [0.1, 0.15) is 47.3 Å². The van der Waals surface area contributed by atoms with Gasteiger partial charge in [-0.05, 0) is 27.7 Å². The molecule has 0 aliphatic carbocycles. The van der Waals surface area contributed by atoms with Crippen LogP contribution in [0.3, 0.4) is 0 Å². The molecule has 0 spiro atoms. The van der Waals surface area contributed by atoms with Gasteiger partial charge in [0.05, 0.1) is 16.7 Å². The predicted octanol–water partition coefficient (Wildman–Crippen LogP) is 1.65. The zero-order valence-electron chi connectivity index (χ0n) is 13.8. The molecule has 0 saturated heterocycles. The molecule has 124 valence electrons. The van der Waals surface area contributed by atoms with Crippen molar-refractivity contribution in [2.45, 2.75) is 40.3 Å². The third-order valence-electron chi connectivity index (χ3n) is 3.71. The van der Waals surface area contributed by atoms with E-state index >= 15 is 0 Å². The van der Waals surface area contributed by atoms with Crippen LogP contribution in [0.25, 0.3) is 0 Å². The molecule has 2 aromatic heterocycles. The highest BCUT2D eigenvalue weighted by Gasteiger charge is 2.30. The minimum absolute atomic E-state index is 0.0557. The molecule has 1 atom stereocenters. The summed E-state index contributed by atoms with van der Waals surface area (Å²) in [5, 5.41) is 22.3. The Balaban J connectivity index is 2.29. The lowest BCUT2D eigenvalue weighted by Crippen LogP contribution is -2.29. The molecule has 0 radical (unpaired) electrons. The number of carbonyl (C=O) groups is 1. The molecule has 23 heavy (non-hydrogen) atoms. The van der Waals surface area contributed by atoms with E-state index in [1.165, 1.54) is 18.7 Å². The fourth-order valence-electron chi connectivity index (χ4n) is 2.58. The molecule has 1 amide bonds. The molecular formula is C14H20N6O3. The molecule has 0 fully saturated rings. The largest absolute Gasteiger partial charge is 0.344 e. The summed E-state index contributed by atoms with van der Waals surface area (Å²) in [7, 11) is 1.51. The first-order valence-electron chi connectivity index (χ1n) is 7.29. The first kappa shape index (κ1) is 16.7. The standard InChI is InChI=1S/C14H20N6O3/c1-6-19-7-11(9(3)17-19)8(2)15-14(21)13-12(20(22)23)10(4)16-18(13)5/h7-8H,6H2,1-5H3,(H,15,21). The normalized spacial score (nSPS) is 12.2. The van der Waals surface area contributed by atoms with Crippen molar-refractivity contribution in [3.05, 3.63) is 39.0 Å². The summed E-state index contributed by atoms with van der Waals surface area (Å²) >= 11 is 0. The Labute approximate surface area is 133 Å². The fraction of sp³-hybridized carbons (Fsp3) is 0.500. The van der Waals surface area contributed by atoms with Gasteiger partial charge in [0.15, 0.2) is 0 Å². The second kappa shape index (κ2) is 6.19. The van der Waals surface area contributed by atoms with E-state index in [1.807, 2.05) is 27.0 Å². The highest BCUT2D eigenvalue weighted by Crippen LogP contribution is 2.23. The predicted molar refractivity (Wildman–Crippen MR) is 83.1 cm³/mol. The Morgan fingerprint density at radius 1 is 1.39 bits per heavy atom. The van der Waals surface area contributed by atoms with Crippen LogP contribution in [-0.4, -0.2) is 30.4 Å². The lowest BCUT2D eigenvalue weighted by Gasteiger charge is -2.13. The second-order valence-electron chi connectivity index (χ2n) is 5.38. The van der Waals surface area contributed by atoms with Crippen LogP contribution in [0, 0.1) is 24.0 Å². The van der Waals surface area contributed by atoms with Crippen LogP contribution in [0.4, 0.5) is 5.69 Å². The highest BCUT2D eigenvalue weighted by molar-refractivity contribution is 5.97. The minimum Gasteiger partial charge on any atom is -0.344 e. The van der Waals surface area contributed by atoms with E-state index in [-0.39, 0.29) is 23.1 Å². The van der Waals surface area contributed by atoms with Crippen LogP contribution >= 0.6 is 0 Å². The van der Waals surface area contributed by atoms with Gasteiger partial charge in [-0.25, -0.2) is 0 Å². The summed E-state index contributed by atoms with van der Waals surface area (Å²) < 4.78 is 3.02. The van der Waals surface area contributed by atoms with Gasteiger partial charge in [-0.15, -0.1) is 0 Å². The summed E-state index contributed by atoms with van der Waals surface area (Å²) in [5.74, 6) is -0.532. The molecule has 2 aromatic rings. The number of hydrogen-bond donors (Lipinski definition) is 1. The van der Waals surface area contributed by atoms with E-state index in [0.717, 1.165) is 17.8 Å². The number of amides is 1. The van der Waals surface area contributed by atoms with Gasteiger partial charge in [-0.1, -0.05) is 0 Å². The first-order chi connectivity index (χ1) is 10.8. The summed E-state index contributed by atoms with van der Waals surface area (Å²) in [6.07, 6.45) is 1.86. The number of nitro groups is 1. The van der Waals surface area contributed by atoms with Gasteiger partial charge in [0.25, 0.3) is 5.91 Å². The topological polar surface area (TPSA) is 108 Å². The van der Waals surface area contributed by atoms with Crippen LogP contribution < -0.4 is 5.32 Å². The number of nitrogens with one attached hydrogen (secondary N) is 1. The lowest BCUT2D eigenvalue weighted by molar-refractivity contribution is -0.385. The van der Waals surface area contributed by atoms with E-state index in [0.29, 0.717) is 0 Å². The zero-order chi connectivity index (χ0) is 17.3. The monoisotopic (exact) mass is 320 g/mol. The van der Waals surface area contributed by atoms with E-state index < -0.39 is 10.8 Å². The number of aromatic nitrogens is 4. The van der Waals surface area contributed by atoms with Gasteiger partial charge < -0.3 is 5.32 Å². The molecule has 0 bridgehead atoms. The number of aryl methyl sites for hydroxylation is 4. The van der Waals surface area contributed by atoms with Gasteiger partial charge >= 0.3 is 5.69 Å². The Bertz CT molecular complexity index is 761. The van der Waals surface area contributed by atoms with Crippen molar-refractivity contribution in [3.63, 3.8) is 0 Å². The summed E-state index contributed by atoms with van der Waals surface area (Å²) in [6, 6.07) is -0.322. The van der Waals surface area contributed by atoms with Crippen molar-refractivity contribution in [1.29, 1.82) is 0 Å². The fourth-order valence-corrected chi connectivity index (χ4v) is 2.58. The van der Waals surface area contributed by atoms with E-state index in [2.05, 4.69) is 15.5 Å². The number of carbonyl (C=O) groups excluding carboxylic acids is 1. The Hall–Kier alpha value is -2.71. The summed E-state index contributed by atoms with van der Waals surface area (Å²) in [6.45, 7) is 7.89. The number of hydrogen-bond acceptors (Lipinski definition) is 5. The van der Waals surface area contributed by atoms with Gasteiger partial charge in [0, 0.05) is 25.4 Å². The van der Waals surface area contributed by atoms with Gasteiger partial charge in [-0.3, -0.25) is 24.3 Å². The summed E-state index contributed by atoms with van der Waals surface area (Å²) in [5.41, 5.74) is 1.58. The molecule has 2 rings (SSSR count). The highest BCUT2D eigenvalue weighted by atomic mass is 16.6. The molecule has 1 N–H and O–H groups in total. The van der Waals surface area contributed by atoms with Gasteiger partial charge in [0.1, 0.15) is 5.69 Å². The van der Waals surface area contributed by atoms with E-state index in [9.17, 15) is 14.9 Å². The molecule has 9 heteroatoms. The molecule has 0 saturated carbocycles. The Morgan fingerprint density at radius 2 is 2.04 bits per heavy atom. The maximum atomic E-state index is 12.5. The molecule has 1 unspecified atom stereocenters. The summed E-state index contributed by atoms with van der Waals surface area (Å²) in [4.78, 5) is 23.1. The van der Waals surface area contributed by atoms with E-state index in [4.69, 9.17) is 0 Å². The smallest absolute Gasteiger partial charge is 0.322 e. The molecule has 0 aliphatic rings. The van der Waals surface area contributed by atoms with Crippen LogP contribution in [0.5, 0.6) is 0 Å². The third-order valence-corrected chi connectivity index (χ3v) is 3.71. The quantitative estimate of drug-likeness (QED) is 0.665. The molecule has 2 heterocycles. The molecule has 0 aliphatic heterocycles. The Morgan fingerprint density at radius 3 is 2.57 bits per heavy atom.